The van der Waals surface area contributed by atoms with Gasteiger partial charge < -0.3 is 0 Å². The predicted molar refractivity (Wildman–Crippen MR) is 97.4 cm³/mol. The fourth-order valence-corrected chi connectivity index (χ4v) is 5.04. The molecule has 2 unspecified atom stereocenters. The van der Waals surface area contributed by atoms with E-state index in [4.69, 9.17) is 0 Å². The van der Waals surface area contributed by atoms with Gasteiger partial charge in [0.05, 0.1) is 0 Å². The van der Waals surface area contributed by atoms with Crippen molar-refractivity contribution in [1.29, 1.82) is 0 Å². The summed E-state index contributed by atoms with van der Waals surface area (Å²) in [5.41, 5.74) is 6.36. The van der Waals surface area contributed by atoms with Crippen molar-refractivity contribution in [3.63, 3.8) is 0 Å². The van der Waals surface area contributed by atoms with Gasteiger partial charge in [0.25, 0.3) is 0 Å². The minimum absolute atomic E-state index is 0.789. The first-order chi connectivity index (χ1) is 11.3. The van der Waals surface area contributed by atoms with E-state index >= 15 is 0 Å². The maximum absolute atomic E-state index is 4.35. The standard InChI is InChI=1S/C23H27/c1-2-23(21-13-11-17-7-3-5-9-19(17)15-21)22-14-12-18-8-4-6-10-20(18)16-22/h3-10,21-23H,1-2,11-16H2. The molecule has 0 heterocycles. The summed E-state index contributed by atoms with van der Waals surface area (Å²) < 4.78 is 0. The Kier molecular flexibility index (Phi) is 4.25. The van der Waals surface area contributed by atoms with Crippen LogP contribution in [0.15, 0.2) is 48.5 Å². The van der Waals surface area contributed by atoms with Gasteiger partial charge in [-0.05, 0) is 85.0 Å². The molecule has 23 heavy (non-hydrogen) atoms. The van der Waals surface area contributed by atoms with E-state index in [0.717, 1.165) is 24.2 Å². The summed E-state index contributed by atoms with van der Waals surface area (Å²) in [6.45, 7) is 4.35. The molecule has 0 amide bonds. The smallest absolute Gasteiger partial charge is 0.0245 e. The summed E-state index contributed by atoms with van der Waals surface area (Å²) in [4.78, 5) is 0. The molecule has 0 heteroatoms. The zero-order valence-corrected chi connectivity index (χ0v) is 14.0. The minimum Gasteiger partial charge on any atom is -0.0620 e. The minimum atomic E-state index is 0.789. The van der Waals surface area contributed by atoms with Crippen LogP contribution in [-0.2, 0) is 25.7 Å². The lowest BCUT2D eigenvalue weighted by atomic mass is 9.67. The Morgan fingerprint density at radius 2 is 1.17 bits per heavy atom. The van der Waals surface area contributed by atoms with Gasteiger partial charge in [-0.25, -0.2) is 0 Å². The van der Waals surface area contributed by atoms with E-state index in [9.17, 15) is 0 Å². The molecule has 2 aromatic rings. The molecule has 0 N–H and O–H groups in total. The second-order valence-electron chi connectivity index (χ2n) is 7.50. The molecular formula is C23H27. The lowest BCUT2D eigenvalue weighted by Gasteiger charge is -2.38. The predicted octanol–water partition coefficient (Wildman–Crippen LogP) is 5.44. The van der Waals surface area contributed by atoms with Gasteiger partial charge in [0, 0.05) is 0 Å². The fraction of sp³-hybridized carbons (Fsp3) is 0.435. The molecule has 0 saturated carbocycles. The van der Waals surface area contributed by atoms with Crippen molar-refractivity contribution in [2.24, 2.45) is 17.8 Å². The summed E-state index contributed by atoms with van der Waals surface area (Å²) in [7, 11) is 0. The van der Waals surface area contributed by atoms with Crippen LogP contribution in [0.2, 0.25) is 0 Å². The number of aryl methyl sites for hydroxylation is 2. The van der Waals surface area contributed by atoms with Gasteiger partial charge in [0.1, 0.15) is 0 Å². The van der Waals surface area contributed by atoms with Crippen molar-refractivity contribution in [2.75, 3.05) is 0 Å². The van der Waals surface area contributed by atoms with Crippen molar-refractivity contribution in [3.8, 4) is 0 Å². The van der Waals surface area contributed by atoms with Gasteiger partial charge in [-0.2, -0.15) is 0 Å². The number of hydrogen-bond acceptors (Lipinski definition) is 0. The summed E-state index contributed by atoms with van der Waals surface area (Å²) in [5.74, 6) is 2.45. The molecule has 2 aromatic carbocycles. The largest absolute Gasteiger partial charge is 0.0620 e. The molecule has 119 valence electrons. The fourth-order valence-electron chi connectivity index (χ4n) is 5.04. The van der Waals surface area contributed by atoms with E-state index in [1.54, 1.807) is 22.3 Å². The van der Waals surface area contributed by atoms with Crippen molar-refractivity contribution in [3.05, 3.63) is 77.7 Å². The van der Waals surface area contributed by atoms with Crippen molar-refractivity contribution >= 4 is 0 Å². The van der Waals surface area contributed by atoms with Crippen LogP contribution in [0.5, 0.6) is 0 Å². The molecular weight excluding hydrogens is 276 g/mol. The summed E-state index contributed by atoms with van der Waals surface area (Å²) in [5, 5.41) is 0. The third-order valence-corrected chi connectivity index (χ3v) is 6.31. The van der Waals surface area contributed by atoms with Crippen LogP contribution >= 0.6 is 0 Å². The van der Waals surface area contributed by atoms with E-state index in [1.165, 1.54) is 38.5 Å². The van der Waals surface area contributed by atoms with E-state index < -0.39 is 0 Å². The van der Waals surface area contributed by atoms with E-state index in [0.29, 0.717) is 0 Å². The van der Waals surface area contributed by atoms with Gasteiger partial charge >= 0.3 is 0 Å². The van der Waals surface area contributed by atoms with E-state index in [-0.39, 0.29) is 0 Å². The maximum atomic E-state index is 4.35. The first-order valence-corrected chi connectivity index (χ1v) is 9.28. The molecule has 0 aliphatic heterocycles. The number of benzene rings is 2. The second kappa shape index (κ2) is 6.51. The Bertz CT molecular complexity index is 612. The first-order valence-electron chi connectivity index (χ1n) is 9.28. The molecule has 0 fully saturated rings. The van der Waals surface area contributed by atoms with Crippen LogP contribution in [0.4, 0.5) is 0 Å². The van der Waals surface area contributed by atoms with Crippen LogP contribution in [0.25, 0.3) is 0 Å². The number of fused-ring (bicyclic) bond motifs is 2. The monoisotopic (exact) mass is 303 g/mol. The molecule has 1 radical (unpaired) electrons. The summed E-state index contributed by atoms with van der Waals surface area (Å²) >= 11 is 0. The van der Waals surface area contributed by atoms with Crippen LogP contribution in [0.1, 0.15) is 41.5 Å². The zero-order chi connectivity index (χ0) is 15.6. The van der Waals surface area contributed by atoms with Gasteiger partial charge in [0.15, 0.2) is 0 Å². The number of hydrogen-bond donors (Lipinski definition) is 0. The highest BCUT2D eigenvalue weighted by atomic mass is 14.4. The molecule has 0 bridgehead atoms. The topological polar surface area (TPSA) is 0 Å². The maximum Gasteiger partial charge on any atom is -0.0245 e. The third-order valence-electron chi connectivity index (χ3n) is 6.31. The second-order valence-corrected chi connectivity index (χ2v) is 7.50. The lowest BCUT2D eigenvalue weighted by molar-refractivity contribution is 0.190. The first kappa shape index (κ1) is 15.0. The molecule has 2 atom stereocenters. The average molecular weight is 303 g/mol. The Morgan fingerprint density at radius 1 is 0.739 bits per heavy atom. The van der Waals surface area contributed by atoms with Crippen LogP contribution in [0, 0.1) is 24.7 Å². The van der Waals surface area contributed by atoms with Crippen LogP contribution < -0.4 is 0 Å². The molecule has 0 saturated heterocycles. The molecule has 0 spiro atoms. The zero-order valence-electron chi connectivity index (χ0n) is 14.0. The summed E-state index contributed by atoms with van der Waals surface area (Å²) in [6.07, 6.45) is 8.88. The highest BCUT2D eigenvalue weighted by molar-refractivity contribution is 5.31. The highest BCUT2D eigenvalue weighted by Crippen LogP contribution is 2.40. The van der Waals surface area contributed by atoms with Crippen molar-refractivity contribution in [1.82, 2.24) is 0 Å². The van der Waals surface area contributed by atoms with Crippen LogP contribution in [0.3, 0.4) is 0 Å². The Morgan fingerprint density at radius 3 is 1.61 bits per heavy atom. The average Bonchev–Trinajstić information content (AvgIpc) is 2.62. The number of rotatable bonds is 3. The van der Waals surface area contributed by atoms with E-state index in [1.807, 2.05) is 0 Å². The molecule has 0 nitrogen and oxygen atoms in total. The van der Waals surface area contributed by atoms with Crippen LogP contribution in [-0.4, -0.2) is 0 Å². The highest BCUT2D eigenvalue weighted by Gasteiger charge is 2.32. The molecule has 0 aromatic heterocycles. The SMILES string of the molecule is [CH2]CC(C1CCc2ccccc2C1)C1CCc2ccccc2C1. The normalized spacial score (nSPS) is 24.6. The Labute approximate surface area is 140 Å². The Hall–Kier alpha value is -1.56. The van der Waals surface area contributed by atoms with Crippen molar-refractivity contribution < 1.29 is 0 Å². The van der Waals surface area contributed by atoms with Gasteiger partial charge in [-0.1, -0.05) is 55.5 Å². The molecule has 2 aliphatic carbocycles. The summed E-state index contributed by atoms with van der Waals surface area (Å²) in [6, 6.07) is 18.1. The molecule has 4 rings (SSSR count). The van der Waals surface area contributed by atoms with Gasteiger partial charge in [-0.3, -0.25) is 0 Å². The van der Waals surface area contributed by atoms with E-state index in [2.05, 4.69) is 55.5 Å². The van der Waals surface area contributed by atoms with Gasteiger partial charge in [0.2, 0.25) is 0 Å². The van der Waals surface area contributed by atoms with Gasteiger partial charge in [-0.15, -0.1) is 0 Å². The lowest BCUT2D eigenvalue weighted by Crippen LogP contribution is -2.31. The quantitative estimate of drug-likeness (QED) is 0.708. The van der Waals surface area contributed by atoms with Crippen molar-refractivity contribution in [2.45, 2.75) is 44.9 Å². The molecule has 2 aliphatic rings. The third kappa shape index (κ3) is 2.96. The Balaban J connectivity index is 1.52.